The van der Waals surface area contributed by atoms with E-state index in [1.165, 1.54) is 18.4 Å². The predicted molar refractivity (Wildman–Crippen MR) is 104 cm³/mol. The van der Waals surface area contributed by atoms with Crippen molar-refractivity contribution in [3.05, 3.63) is 51.3 Å². The van der Waals surface area contributed by atoms with Crippen molar-refractivity contribution in [2.45, 2.75) is 25.9 Å². The van der Waals surface area contributed by atoms with E-state index in [4.69, 9.17) is 9.47 Å². The standard InChI is InChI=1S/C22H21N3O6/c1-10(26)30-8-21-16-13-14-15(13)18(22(16,21)9-31-11(2)27)25-20(29)23(12-6-4-3-5-7-12)19(28)24(25)17(14)21/h3-7,13-18H,8-9H2,1-2H3/t13?,14-,15-,16?,17-,18+,21+,22+/m0/s1. The van der Waals surface area contributed by atoms with Gasteiger partial charge in [-0.15, -0.1) is 0 Å². The number of rotatable bonds is 5. The Morgan fingerprint density at radius 3 is 1.77 bits per heavy atom. The van der Waals surface area contributed by atoms with Gasteiger partial charge in [0.2, 0.25) is 0 Å². The highest BCUT2D eigenvalue weighted by Crippen LogP contribution is 3.02. The fourth-order valence-corrected chi connectivity index (χ4v) is 8.25. The first-order valence-corrected chi connectivity index (χ1v) is 10.7. The minimum absolute atomic E-state index is 0.187. The van der Waals surface area contributed by atoms with Crippen molar-refractivity contribution in [3.63, 3.8) is 0 Å². The van der Waals surface area contributed by atoms with Crippen molar-refractivity contribution in [2.75, 3.05) is 13.2 Å². The first-order chi connectivity index (χ1) is 14.9. The molecule has 0 N–H and O–H groups in total. The first kappa shape index (κ1) is 17.6. The number of carbonyl (C=O) groups is 2. The Bertz CT molecular complexity index is 1230. The molecular formula is C22H21N3O6. The number of nitrogens with zero attached hydrogens (tertiary/aromatic N) is 3. The summed E-state index contributed by atoms with van der Waals surface area (Å²) in [4.78, 5) is 50.4. The summed E-state index contributed by atoms with van der Waals surface area (Å²) in [7, 11) is 0. The Morgan fingerprint density at radius 2 is 1.32 bits per heavy atom. The maximum absolute atomic E-state index is 13.5. The molecule has 160 valence electrons. The largest absolute Gasteiger partial charge is 0.465 e. The van der Waals surface area contributed by atoms with E-state index in [-0.39, 0.29) is 54.5 Å². The summed E-state index contributed by atoms with van der Waals surface area (Å²) in [5, 5.41) is 0. The fourth-order valence-electron chi connectivity index (χ4n) is 8.25. The van der Waals surface area contributed by atoms with E-state index in [0.29, 0.717) is 23.4 Å². The molecule has 1 aromatic carbocycles. The summed E-state index contributed by atoms with van der Waals surface area (Å²) in [6, 6.07) is 8.46. The summed E-state index contributed by atoms with van der Waals surface area (Å²) in [6.45, 7) is 3.12. The van der Waals surface area contributed by atoms with Crippen LogP contribution in [0, 0.1) is 34.5 Å². The van der Waals surface area contributed by atoms with E-state index in [1.54, 1.807) is 33.6 Å². The third-order valence-corrected chi connectivity index (χ3v) is 8.83. The van der Waals surface area contributed by atoms with E-state index in [0.717, 1.165) is 0 Å². The topological polar surface area (TPSA) is 102 Å². The van der Waals surface area contributed by atoms with Gasteiger partial charge in [-0.2, -0.15) is 0 Å². The lowest BCUT2D eigenvalue weighted by molar-refractivity contribution is -0.153. The van der Waals surface area contributed by atoms with Gasteiger partial charge in [-0.05, 0) is 35.8 Å². The Balaban J connectivity index is 1.44. The second kappa shape index (κ2) is 5.03. The maximum atomic E-state index is 13.5. The molecule has 9 nitrogen and oxygen atoms in total. The predicted octanol–water partition coefficient (Wildman–Crippen LogP) is 0.515. The van der Waals surface area contributed by atoms with Gasteiger partial charge in [-0.25, -0.2) is 23.5 Å². The molecule has 0 amide bonds. The van der Waals surface area contributed by atoms with E-state index in [1.807, 2.05) is 6.07 Å². The van der Waals surface area contributed by atoms with Crippen molar-refractivity contribution in [3.8, 4) is 5.69 Å². The lowest BCUT2D eigenvalue weighted by atomic mass is 9.72. The number of hydrogen-bond donors (Lipinski definition) is 0. The molecule has 1 aromatic heterocycles. The number of aromatic nitrogens is 3. The zero-order valence-electron chi connectivity index (χ0n) is 17.1. The van der Waals surface area contributed by atoms with Crippen molar-refractivity contribution < 1.29 is 19.1 Å². The molecular weight excluding hydrogens is 402 g/mol. The highest BCUT2D eigenvalue weighted by molar-refractivity contribution is 5.67. The Morgan fingerprint density at radius 1 is 0.839 bits per heavy atom. The summed E-state index contributed by atoms with van der Waals surface area (Å²) >= 11 is 0. The molecule has 4 aliphatic carbocycles. The number of hydrogen-bond acceptors (Lipinski definition) is 6. The molecule has 8 rings (SSSR count). The van der Waals surface area contributed by atoms with Crippen LogP contribution < -0.4 is 11.4 Å². The van der Waals surface area contributed by atoms with Gasteiger partial charge in [0.1, 0.15) is 13.2 Å². The molecule has 0 saturated heterocycles. The van der Waals surface area contributed by atoms with Crippen LogP contribution in [0.5, 0.6) is 0 Å². The summed E-state index contributed by atoms with van der Waals surface area (Å²) in [6.07, 6.45) is 0. The SMILES string of the molecule is CC(=O)OC[C@@]12C3C4[C@H]5[C@H]4[C@@H](n4c(=O)n(-c6ccccc6)c(=O)n4[C@@H]51)[C@@]32COC(C)=O. The van der Waals surface area contributed by atoms with Gasteiger partial charge in [0.15, 0.2) is 0 Å². The van der Waals surface area contributed by atoms with Crippen LogP contribution in [-0.2, 0) is 19.1 Å². The Hall–Kier alpha value is -3.10. The Labute approximate surface area is 176 Å². The number of benzene rings is 1. The molecule has 0 radical (unpaired) electrons. The van der Waals surface area contributed by atoms with Gasteiger partial charge in [0.25, 0.3) is 0 Å². The van der Waals surface area contributed by atoms with Crippen molar-refractivity contribution in [2.24, 2.45) is 34.5 Å². The molecule has 4 fully saturated rings. The highest BCUT2D eigenvalue weighted by atomic mass is 16.5. The third kappa shape index (κ3) is 1.61. The number of ether oxygens (including phenoxy) is 2. The van der Waals surface area contributed by atoms with Gasteiger partial charge in [0.05, 0.1) is 17.8 Å². The number of esters is 2. The van der Waals surface area contributed by atoms with E-state index in [9.17, 15) is 19.2 Å². The normalized spacial score (nSPS) is 41.0. The van der Waals surface area contributed by atoms with Gasteiger partial charge < -0.3 is 9.47 Å². The molecule has 2 aliphatic heterocycles. The van der Waals surface area contributed by atoms with E-state index in [2.05, 4.69) is 0 Å². The first-order valence-electron chi connectivity index (χ1n) is 10.7. The summed E-state index contributed by atoms with van der Waals surface area (Å²) in [5.74, 6) is 0.461. The molecule has 2 bridgehead atoms. The van der Waals surface area contributed by atoms with Crippen LogP contribution in [0.1, 0.15) is 25.9 Å². The summed E-state index contributed by atoms with van der Waals surface area (Å²) < 4.78 is 15.5. The van der Waals surface area contributed by atoms with Crippen LogP contribution in [0.3, 0.4) is 0 Å². The Kier molecular flexibility index (Phi) is 2.85. The van der Waals surface area contributed by atoms with E-state index < -0.39 is 10.8 Å². The van der Waals surface area contributed by atoms with Crippen LogP contribution in [-0.4, -0.2) is 39.1 Å². The monoisotopic (exact) mass is 423 g/mol. The van der Waals surface area contributed by atoms with Gasteiger partial charge >= 0.3 is 23.3 Å². The van der Waals surface area contributed by atoms with Crippen LogP contribution in [0.15, 0.2) is 39.9 Å². The molecule has 8 atom stereocenters. The average Bonchev–Trinajstić information content (AvgIpc) is 3.49. The van der Waals surface area contributed by atoms with Crippen LogP contribution >= 0.6 is 0 Å². The van der Waals surface area contributed by atoms with Gasteiger partial charge in [-0.3, -0.25) is 9.59 Å². The molecule has 2 unspecified atom stereocenters. The third-order valence-electron chi connectivity index (χ3n) is 8.83. The molecule has 2 aromatic rings. The van der Waals surface area contributed by atoms with Crippen molar-refractivity contribution >= 4 is 11.9 Å². The van der Waals surface area contributed by atoms with Crippen molar-refractivity contribution in [1.29, 1.82) is 0 Å². The fraction of sp³-hybridized carbons (Fsp3) is 0.545. The highest BCUT2D eigenvalue weighted by Gasteiger charge is 3.04. The van der Waals surface area contributed by atoms with E-state index >= 15 is 0 Å². The second-order valence-electron chi connectivity index (χ2n) is 9.67. The number of carbonyl (C=O) groups excluding carboxylic acids is 2. The average molecular weight is 423 g/mol. The van der Waals surface area contributed by atoms with Gasteiger partial charge in [-0.1, -0.05) is 18.2 Å². The molecule has 3 heterocycles. The zero-order valence-corrected chi connectivity index (χ0v) is 17.1. The summed E-state index contributed by atoms with van der Waals surface area (Å²) in [5.41, 5.74) is -1.09. The molecule has 6 aliphatic rings. The molecule has 31 heavy (non-hydrogen) atoms. The molecule has 0 spiro atoms. The van der Waals surface area contributed by atoms with Crippen LogP contribution in [0.25, 0.3) is 5.69 Å². The van der Waals surface area contributed by atoms with Crippen LogP contribution in [0.4, 0.5) is 0 Å². The molecule has 9 heteroatoms. The van der Waals surface area contributed by atoms with Crippen LogP contribution in [0.2, 0.25) is 0 Å². The lowest BCUT2D eigenvalue weighted by Gasteiger charge is -2.47. The lowest BCUT2D eigenvalue weighted by Crippen LogP contribution is -2.55. The zero-order chi connectivity index (χ0) is 21.4. The maximum Gasteiger partial charge on any atom is 0.352 e. The minimum Gasteiger partial charge on any atom is -0.465 e. The molecule has 4 saturated carbocycles. The second-order valence-corrected chi connectivity index (χ2v) is 9.67. The smallest absolute Gasteiger partial charge is 0.352 e. The van der Waals surface area contributed by atoms with Gasteiger partial charge in [0, 0.05) is 24.7 Å². The minimum atomic E-state index is -0.456. The number of para-hydroxylation sites is 1. The van der Waals surface area contributed by atoms with Crippen molar-refractivity contribution in [1.82, 2.24) is 13.9 Å². The quantitative estimate of drug-likeness (QED) is 0.650.